The van der Waals surface area contributed by atoms with Gasteiger partial charge in [0.1, 0.15) is 11.6 Å². The predicted octanol–water partition coefficient (Wildman–Crippen LogP) is 5.36. The fraction of sp³-hybridized carbons (Fsp3) is 0.286. The first-order valence-corrected chi connectivity index (χ1v) is 8.94. The second-order valence-corrected chi connectivity index (χ2v) is 6.97. The van der Waals surface area contributed by atoms with Crippen LogP contribution in [0.5, 0.6) is 5.75 Å². The molecule has 0 radical (unpaired) electrons. The lowest BCUT2D eigenvalue weighted by Gasteiger charge is -2.30. The number of hydrogen-bond donors (Lipinski definition) is 1. The third-order valence-electron chi connectivity index (χ3n) is 5.08. The summed E-state index contributed by atoms with van der Waals surface area (Å²) < 4.78 is 20.0. The summed E-state index contributed by atoms with van der Waals surface area (Å²) in [4.78, 5) is 2.17. The van der Waals surface area contributed by atoms with Gasteiger partial charge in [0.05, 0.1) is 12.1 Å². The van der Waals surface area contributed by atoms with Crippen LogP contribution < -0.4 is 9.64 Å². The minimum absolute atomic E-state index is 0.125. The molecular weight excluding hydrogens is 351 g/mol. The number of methoxy groups -OCH3 is 1. The smallest absolute Gasteiger partial charge is 0.145 e. The van der Waals surface area contributed by atoms with Gasteiger partial charge < -0.3 is 15.0 Å². The van der Waals surface area contributed by atoms with Crippen LogP contribution in [0.1, 0.15) is 25.0 Å². The van der Waals surface area contributed by atoms with Crippen LogP contribution in [0.25, 0.3) is 0 Å². The van der Waals surface area contributed by atoms with Crippen molar-refractivity contribution in [1.82, 2.24) is 0 Å². The van der Waals surface area contributed by atoms with Gasteiger partial charge in [0.2, 0.25) is 0 Å². The van der Waals surface area contributed by atoms with Gasteiger partial charge in [0.15, 0.2) is 0 Å². The van der Waals surface area contributed by atoms with E-state index in [1.807, 2.05) is 18.2 Å². The van der Waals surface area contributed by atoms with Crippen LogP contribution in [-0.2, 0) is 11.8 Å². The van der Waals surface area contributed by atoms with Gasteiger partial charge in [-0.05, 0) is 61.7 Å². The number of hydrogen-bond acceptors (Lipinski definition) is 3. The Labute approximate surface area is 158 Å². The molecule has 5 heteroatoms. The Morgan fingerprint density at radius 1 is 1.31 bits per heavy atom. The Morgan fingerprint density at radius 3 is 2.73 bits per heavy atom. The predicted molar refractivity (Wildman–Crippen MR) is 105 cm³/mol. The number of nitrogens with zero attached hydrogens (tertiary/aromatic N) is 1. The average molecular weight is 373 g/mol. The van der Waals surface area contributed by atoms with Crippen LogP contribution in [-0.4, -0.2) is 19.9 Å². The van der Waals surface area contributed by atoms with Crippen molar-refractivity contribution in [3.05, 3.63) is 70.1 Å². The zero-order valence-electron chi connectivity index (χ0n) is 15.1. The Hall–Kier alpha value is -2.33. The summed E-state index contributed by atoms with van der Waals surface area (Å²) in [7, 11) is 1.64. The van der Waals surface area contributed by atoms with Crippen molar-refractivity contribution < 1.29 is 9.13 Å². The molecule has 0 fully saturated rings. The van der Waals surface area contributed by atoms with Gasteiger partial charge in [-0.1, -0.05) is 23.7 Å². The van der Waals surface area contributed by atoms with Crippen molar-refractivity contribution in [3.8, 4) is 5.75 Å². The molecule has 1 heterocycles. The van der Waals surface area contributed by atoms with Crippen molar-refractivity contribution in [2.75, 3.05) is 18.6 Å². The topological polar surface area (TPSA) is 36.3 Å². The molecule has 0 amide bonds. The number of allylic oxidation sites excluding steroid dienone is 2. The highest BCUT2D eigenvalue weighted by Crippen LogP contribution is 2.50. The molecule has 0 bridgehead atoms. The molecule has 136 valence electrons. The number of fused-ring (bicyclic) bond motifs is 1. The average Bonchev–Trinajstić information content (AvgIpc) is 2.87. The van der Waals surface area contributed by atoms with E-state index in [9.17, 15) is 4.39 Å². The lowest BCUT2D eigenvalue weighted by molar-refractivity contribution is 0.413. The summed E-state index contributed by atoms with van der Waals surface area (Å²) in [6, 6.07) is 11.0. The molecule has 3 rings (SSSR count). The van der Waals surface area contributed by atoms with Crippen molar-refractivity contribution in [1.29, 1.82) is 5.41 Å². The minimum atomic E-state index is -0.497. The van der Waals surface area contributed by atoms with Crippen LogP contribution in [0.15, 0.2) is 48.2 Å². The maximum absolute atomic E-state index is 14.6. The molecule has 1 aliphatic rings. The number of benzene rings is 2. The lowest BCUT2D eigenvalue weighted by atomic mass is 9.76. The van der Waals surface area contributed by atoms with Crippen molar-refractivity contribution in [2.24, 2.45) is 0 Å². The molecule has 2 aromatic carbocycles. The van der Waals surface area contributed by atoms with Crippen molar-refractivity contribution in [3.63, 3.8) is 0 Å². The molecule has 26 heavy (non-hydrogen) atoms. The fourth-order valence-corrected chi connectivity index (χ4v) is 4.02. The molecular formula is C21H22ClFN2O. The van der Waals surface area contributed by atoms with E-state index in [4.69, 9.17) is 21.7 Å². The van der Waals surface area contributed by atoms with E-state index >= 15 is 0 Å². The highest BCUT2D eigenvalue weighted by atomic mass is 35.5. The standard InChI is InChI=1S/C21H22ClFN2O/c1-4-25-18-9-8-15(26-3)12-16(18)21(2,19(25)10-11-24)13-14-6-5-7-17(22)20(14)23/h5-12,24H,4,13H2,1-3H3/b19-10-,24-11?. The number of likely N-dealkylation sites (N-methyl/N-ethyl adjacent to an activating group) is 1. The molecule has 3 nitrogen and oxygen atoms in total. The zero-order chi connectivity index (χ0) is 18.9. The zero-order valence-corrected chi connectivity index (χ0v) is 15.9. The maximum Gasteiger partial charge on any atom is 0.145 e. The third kappa shape index (κ3) is 2.88. The first-order chi connectivity index (χ1) is 12.5. The van der Waals surface area contributed by atoms with E-state index in [1.54, 1.807) is 31.4 Å². The molecule has 0 saturated heterocycles. The van der Waals surface area contributed by atoms with Gasteiger partial charge in [-0.3, -0.25) is 0 Å². The third-order valence-corrected chi connectivity index (χ3v) is 5.37. The van der Waals surface area contributed by atoms with Crippen molar-refractivity contribution in [2.45, 2.75) is 25.7 Å². The van der Waals surface area contributed by atoms with Gasteiger partial charge in [0, 0.05) is 29.6 Å². The second kappa shape index (κ2) is 7.12. The summed E-state index contributed by atoms with van der Waals surface area (Å²) in [6.07, 6.45) is 3.52. The molecule has 1 N–H and O–H groups in total. The van der Waals surface area contributed by atoms with Crippen LogP contribution in [0.3, 0.4) is 0 Å². The molecule has 1 unspecified atom stereocenters. The van der Waals surface area contributed by atoms with Crippen LogP contribution in [0, 0.1) is 11.2 Å². The normalized spacial score (nSPS) is 20.3. The Kier molecular flexibility index (Phi) is 5.05. The van der Waals surface area contributed by atoms with Crippen LogP contribution in [0.4, 0.5) is 10.1 Å². The van der Waals surface area contributed by atoms with Gasteiger partial charge in [0.25, 0.3) is 0 Å². The minimum Gasteiger partial charge on any atom is -0.497 e. The van der Waals surface area contributed by atoms with Gasteiger partial charge >= 0.3 is 0 Å². The number of ether oxygens (including phenoxy) is 1. The van der Waals surface area contributed by atoms with E-state index in [-0.39, 0.29) is 10.8 Å². The highest BCUT2D eigenvalue weighted by Gasteiger charge is 2.43. The van der Waals surface area contributed by atoms with E-state index in [2.05, 4.69) is 18.7 Å². The number of anilines is 1. The van der Waals surface area contributed by atoms with Crippen LogP contribution in [0.2, 0.25) is 5.02 Å². The maximum atomic E-state index is 14.6. The summed E-state index contributed by atoms with van der Waals surface area (Å²) >= 11 is 5.99. The van der Waals surface area contributed by atoms with Crippen LogP contribution >= 0.6 is 11.6 Å². The molecule has 0 saturated carbocycles. The Balaban J connectivity index is 2.20. The highest BCUT2D eigenvalue weighted by molar-refractivity contribution is 6.30. The summed E-state index contributed by atoms with van der Waals surface area (Å²) in [5.74, 6) is 0.373. The number of rotatable bonds is 5. The largest absolute Gasteiger partial charge is 0.497 e. The molecule has 0 aliphatic carbocycles. The molecule has 2 aromatic rings. The molecule has 0 spiro atoms. The van der Waals surface area contributed by atoms with Gasteiger partial charge in [-0.15, -0.1) is 0 Å². The summed E-state index contributed by atoms with van der Waals surface area (Å²) in [6.45, 7) is 4.90. The van der Waals surface area contributed by atoms with E-state index in [0.29, 0.717) is 12.0 Å². The van der Waals surface area contributed by atoms with E-state index in [1.165, 1.54) is 6.21 Å². The fourth-order valence-electron chi connectivity index (χ4n) is 3.83. The monoisotopic (exact) mass is 372 g/mol. The quantitative estimate of drug-likeness (QED) is 0.717. The Bertz CT molecular complexity index is 880. The van der Waals surface area contributed by atoms with E-state index < -0.39 is 5.41 Å². The summed E-state index contributed by atoms with van der Waals surface area (Å²) in [5.41, 5.74) is 3.15. The molecule has 1 aliphatic heterocycles. The lowest BCUT2D eigenvalue weighted by Crippen LogP contribution is -2.31. The number of nitrogens with one attached hydrogen (secondary N) is 1. The molecule has 0 aromatic heterocycles. The molecule has 1 atom stereocenters. The first kappa shape index (κ1) is 18.5. The summed E-state index contributed by atoms with van der Waals surface area (Å²) in [5, 5.41) is 7.73. The van der Waals surface area contributed by atoms with Gasteiger partial charge in [-0.25, -0.2) is 4.39 Å². The van der Waals surface area contributed by atoms with E-state index in [0.717, 1.165) is 29.2 Å². The van der Waals surface area contributed by atoms with Crippen molar-refractivity contribution >= 4 is 23.5 Å². The first-order valence-electron chi connectivity index (χ1n) is 8.56. The Morgan fingerprint density at radius 2 is 2.08 bits per heavy atom. The number of halogens is 2. The second-order valence-electron chi connectivity index (χ2n) is 6.57. The van der Waals surface area contributed by atoms with Gasteiger partial charge in [-0.2, -0.15) is 0 Å². The SMILES string of the molecule is CCN1/C(=C\C=N)C(C)(Cc2cccc(Cl)c2F)c2cc(OC)ccc21.